The topological polar surface area (TPSA) is 76.6 Å². The number of rotatable bonds is 5. The van der Waals surface area contributed by atoms with Crippen LogP contribution in [0.1, 0.15) is 10.4 Å². The van der Waals surface area contributed by atoms with Gasteiger partial charge in [0.05, 0.1) is 31.6 Å². The van der Waals surface area contributed by atoms with E-state index in [1.54, 1.807) is 18.2 Å². The summed E-state index contributed by atoms with van der Waals surface area (Å²) in [6.45, 7) is 2.91. The van der Waals surface area contributed by atoms with E-state index in [0.717, 1.165) is 30.2 Å². The maximum absolute atomic E-state index is 11.8. The van der Waals surface area contributed by atoms with Gasteiger partial charge in [-0.25, -0.2) is 9.78 Å². The highest BCUT2D eigenvalue weighted by molar-refractivity contribution is 5.90. The first-order chi connectivity index (χ1) is 14.2. The number of nitrogens with zero attached hydrogens (tertiary/aromatic N) is 3. The highest BCUT2D eigenvalue weighted by Gasteiger charge is 2.16. The van der Waals surface area contributed by atoms with Gasteiger partial charge in [0.1, 0.15) is 5.82 Å². The number of hydrogen-bond donors (Lipinski definition) is 1. The van der Waals surface area contributed by atoms with Crippen LogP contribution in [0.5, 0.6) is 0 Å². The van der Waals surface area contributed by atoms with Crippen LogP contribution in [0.3, 0.4) is 0 Å². The van der Waals surface area contributed by atoms with Crippen molar-refractivity contribution >= 4 is 23.4 Å². The number of esters is 1. The summed E-state index contributed by atoms with van der Waals surface area (Å²) in [5, 5.41) is 3.23. The fraction of sp³-hybridized carbons (Fsp3) is 0.227. The molecule has 0 saturated carbocycles. The fourth-order valence-electron chi connectivity index (χ4n) is 3.17. The van der Waals surface area contributed by atoms with Gasteiger partial charge in [-0.3, -0.25) is 0 Å². The Kier molecular flexibility index (Phi) is 5.67. The minimum Gasteiger partial charge on any atom is -0.465 e. The number of methoxy groups -OCH3 is 1. The van der Waals surface area contributed by atoms with Crippen LogP contribution in [0.15, 0.2) is 60.7 Å². The van der Waals surface area contributed by atoms with Crippen molar-refractivity contribution in [2.24, 2.45) is 0 Å². The maximum atomic E-state index is 11.8. The number of anilines is 3. The Morgan fingerprint density at radius 1 is 1.03 bits per heavy atom. The fourth-order valence-corrected chi connectivity index (χ4v) is 3.17. The van der Waals surface area contributed by atoms with E-state index in [2.05, 4.69) is 10.2 Å². The molecule has 0 unspecified atom stereocenters. The number of carbonyl (C=O) groups is 1. The molecule has 0 bridgehead atoms. The van der Waals surface area contributed by atoms with Crippen LogP contribution >= 0.6 is 0 Å². The number of morpholine rings is 1. The van der Waals surface area contributed by atoms with Crippen molar-refractivity contribution in [1.82, 2.24) is 9.97 Å². The summed E-state index contributed by atoms with van der Waals surface area (Å²) in [6.07, 6.45) is 0. The average Bonchev–Trinajstić information content (AvgIpc) is 2.79. The highest BCUT2D eigenvalue weighted by Crippen LogP contribution is 2.25. The minimum absolute atomic E-state index is 0.387. The Hall–Kier alpha value is -3.45. The molecule has 0 atom stereocenters. The molecule has 1 aromatic heterocycles. The molecule has 2 aromatic carbocycles. The standard InChI is InChI=1S/C22H22N4O3/c1-28-21(27)17-8-5-9-18(14-17)23-22-24-19(16-6-3-2-4-7-16)15-20(25-22)26-10-12-29-13-11-26/h2-9,14-15H,10-13H2,1H3,(H,23,24,25). The normalized spacial score (nSPS) is 13.8. The smallest absolute Gasteiger partial charge is 0.337 e. The number of carbonyl (C=O) groups excluding carboxylic acids is 1. The summed E-state index contributed by atoms with van der Waals surface area (Å²) in [5.74, 6) is 0.922. The van der Waals surface area contributed by atoms with E-state index in [0.29, 0.717) is 30.4 Å². The van der Waals surface area contributed by atoms with Crippen LogP contribution in [0.2, 0.25) is 0 Å². The summed E-state index contributed by atoms with van der Waals surface area (Å²) in [7, 11) is 1.36. The van der Waals surface area contributed by atoms with Gasteiger partial charge >= 0.3 is 5.97 Å². The minimum atomic E-state index is -0.387. The Morgan fingerprint density at radius 2 is 1.83 bits per heavy atom. The second-order valence-corrected chi connectivity index (χ2v) is 6.60. The van der Waals surface area contributed by atoms with Gasteiger partial charge in [0.25, 0.3) is 0 Å². The van der Waals surface area contributed by atoms with Gasteiger partial charge in [0, 0.05) is 30.4 Å². The molecule has 0 spiro atoms. The summed E-state index contributed by atoms with van der Waals surface area (Å²) >= 11 is 0. The van der Waals surface area contributed by atoms with Crippen molar-refractivity contribution in [3.05, 3.63) is 66.2 Å². The number of aromatic nitrogens is 2. The van der Waals surface area contributed by atoms with E-state index in [1.807, 2.05) is 42.5 Å². The van der Waals surface area contributed by atoms with Crippen LogP contribution in [-0.2, 0) is 9.47 Å². The van der Waals surface area contributed by atoms with Gasteiger partial charge in [-0.05, 0) is 18.2 Å². The zero-order chi connectivity index (χ0) is 20.1. The predicted octanol–water partition coefficient (Wildman–Crippen LogP) is 3.51. The first-order valence-corrected chi connectivity index (χ1v) is 9.45. The predicted molar refractivity (Wildman–Crippen MR) is 112 cm³/mol. The van der Waals surface area contributed by atoms with Crippen molar-refractivity contribution < 1.29 is 14.3 Å². The summed E-state index contributed by atoms with van der Waals surface area (Å²) in [6, 6.07) is 19.1. The summed E-state index contributed by atoms with van der Waals surface area (Å²) in [5.41, 5.74) is 3.01. The lowest BCUT2D eigenvalue weighted by atomic mass is 10.1. The van der Waals surface area contributed by atoms with Crippen LogP contribution in [-0.4, -0.2) is 49.4 Å². The van der Waals surface area contributed by atoms with Crippen LogP contribution in [0.25, 0.3) is 11.3 Å². The lowest BCUT2D eigenvalue weighted by molar-refractivity contribution is 0.0601. The SMILES string of the molecule is COC(=O)c1cccc(Nc2nc(-c3ccccc3)cc(N3CCOCC3)n2)c1. The van der Waals surface area contributed by atoms with Crippen molar-refractivity contribution in [2.75, 3.05) is 43.6 Å². The Morgan fingerprint density at radius 3 is 2.59 bits per heavy atom. The molecule has 0 radical (unpaired) electrons. The molecule has 3 aromatic rings. The number of hydrogen-bond acceptors (Lipinski definition) is 7. The van der Waals surface area contributed by atoms with Gasteiger partial charge < -0.3 is 19.7 Å². The molecular weight excluding hydrogens is 368 g/mol. The molecule has 148 valence electrons. The molecule has 7 nitrogen and oxygen atoms in total. The van der Waals surface area contributed by atoms with Gasteiger partial charge in [-0.2, -0.15) is 4.98 Å². The zero-order valence-corrected chi connectivity index (χ0v) is 16.2. The molecule has 29 heavy (non-hydrogen) atoms. The van der Waals surface area contributed by atoms with Crippen molar-refractivity contribution in [3.63, 3.8) is 0 Å². The van der Waals surface area contributed by atoms with Crippen LogP contribution < -0.4 is 10.2 Å². The number of ether oxygens (including phenoxy) is 2. The van der Waals surface area contributed by atoms with E-state index in [4.69, 9.17) is 19.4 Å². The van der Waals surface area contributed by atoms with E-state index in [1.165, 1.54) is 7.11 Å². The monoisotopic (exact) mass is 390 g/mol. The molecule has 1 fully saturated rings. The molecule has 0 amide bonds. The lowest BCUT2D eigenvalue weighted by Crippen LogP contribution is -2.36. The largest absolute Gasteiger partial charge is 0.465 e. The van der Waals surface area contributed by atoms with Crippen LogP contribution in [0.4, 0.5) is 17.5 Å². The second-order valence-electron chi connectivity index (χ2n) is 6.60. The molecule has 7 heteroatoms. The van der Waals surface area contributed by atoms with E-state index in [-0.39, 0.29) is 5.97 Å². The van der Waals surface area contributed by atoms with Gasteiger partial charge in [-0.15, -0.1) is 0 Å². The molecule has 1 aliphatic rings. The van der Waals surface area contributed by atoms with Crippen LogP contribution in [0, 0.1) is 0 Å². The molecule has 0 aliphatic carbocycles. The third-order valence-electron chi connectivity index (χ3n) is 4.66. The Bertz CT molecular complexity index is 988. The first kappa shape index (κ1) is 18.9. The first-order valence-electron chi connectivity index (χ1n) is 9.45. The lowest BCUT2D eigenvalue weighted by Gasteiger charge is -2.28. The molecule has 4 rings (SSSR count). The molecule has 2 heterocycles. The van der Waals surface area contributed by atoms with Gasteiger partial charge in [0.15, 0.2) is 0 Å². The summed E-state index contributed by atoms with van der Waals surface area (Å²) < 4.78 is 10.3. The Labute approximate surface area is 169 Å². The van der Waals surface area contributed by atoms with Gasteiger partial charge in [0.2, 0.25) is 5.95 Å². The van der Waals surface area contributed by atoms with Crippen molar-refractivity contribution in [1.29, 1.82) is 0 Å². The molecule has 1 aliphatic heterocycles. The third-order valence-corrected chi connectivity index (χ3v) is 4.66. The van der Waals surface area contributed by atoms with Crippen molar-refractivity contribution in [3.8, 4) is 11.3 Å². The van der Waals surface area contributed by atoms with E-state index < -0.39 is 0 Å². The maximum Gasteiger partial charge on any atom is 0.337 e. The number of nitrogens with one attached hydrogen (secondary N) is 1. The zero-order valence-electron chi connectivity index (χ0n) is 16.2. The average molecular weight is 390 g/mol. The number of benzene rings is 2. The Balaban J connectivity index is 1.69. The third kappa shape index (κ3) is 4.52. The molecular formula is C22H22N4O3. The quantitative estimate of drug-likeness (QED) is 0.668. The van der Waals surface area contributed by atoms with Crippen molar-refractivity contribution in [2.45, 2.75) is 0 Å². The molecule has 1 saturated heterocycles. The highest BCUT2D eigenvalue weighted by atomic mass is 16.5. The second kappa shape index (κ2) is 8.70. The molecule has 1 N–H and O–H groups in total. The summed E-state index contributed by atoms with van der Waals surface area (Å²) in [4.78, 5) is 23.4. The van der Waals surface area contributed by atoms with E-state index >= 15 is 0 Å². The van der Waals surface area contributed by atoms with Gasteiger partial charge in [-0.1, -0.05) is 36.4 Å². The van der Waals surface area contributed by atoms with E-state index in [9.17, 15) is 4.79 Å².